The summed E-state index contributed by atoms with van der Waals surface area (Å²) in [5, 5.41) is 2.72. The molecule has 3 amide bonds. The Morgan fingerprint density at radius 1 is 1.31 bits per heavy atom. The Kier molecular flexibility index (Phi) is 5.44. The van der Waals surface area contributed by atoms with Crippen LogP contribution in [0.15, 0.2) is 12.2 Å². The predicted octanol–water partition coefficient (Wildman–Crippen LogP) is 0.243. The number of amides is 3. The summed E-state index contributed by atoms with van der Waals surface area (Å²) < 4.78 is 0.991. The zero-order valence-electron chi connectivity index (χ0n) is 8.74. The van der Waals surface area contributed by atoms with Gasteiger partial charge in [-0.25, -0.2) is 0 Å². The van der Waals surface area contributed by atoms with Crippen molar-refractivity contribution < 1.29 is 14.4 Å². The molecule has 1 rings (SSSR count). The first-order valence-electron chi connectivity index (χ1n) is 5.01. The third kappa shape index (κ3) is 3.92. The first-order chi connectivity index (χ1) is 7.65. The lowest BCUT2D eigenvalue weighted by Gasteiger charge is -2.13. The Morgan fingerprint density at radius 3 is 2.50 bits per heavy atom. The largest absolute Gasteiger partial charge is 0.356 e. The third-order valence-electron chi connectivity index (χ3n) is 2.10. The number of hydrogen-bond acceptors (Lipinski definition) is 3. The lowest BCUT2D eigenvalue weighted by atomic mass is 10.3. The molecular formula is C10H13IN2O3. The summed E-state index contributed by atoms with van der Waals surface area (Å²) in [5.74, 6) is -0.813. The highest BCUT2D eigenvalue weighted by Gasteiger charge is 2.23. The highest BCUT2D eigenvalue weighted by Crippen LogP contribution is 2.03. The van der Waals surface area contributed by atoms with Gasteiger partial charge in [0.1, 0.15) is 0 Å². The molecule has 1 aliphatic rings. The number of nitrogens with one attached hydrogen (secondary N) is 1. The minimum Gasteiger partial charge on any atom is -0.356 e. The summed E-state index contributed by atoms with van der Waals surface area (Å²) in [4.78, 5) is 34.7. The summed E-state index contributed by atoms with van der Waals surface area (Å²) >= 11 is 2.23. The van der Waals surface area contributed by atoms with E-state index in [1.165, 1.54) is 12.2 Å². The van der Waals surface area contributed by atoms with Crippen LogP contribution in [0.4, 0.5) is 0 Å². The summed E-state index contributed by atoms with van der Waals surface area (Å²) in [6.45, 7) is 0.794. The number of imide groups is 1. The highest BCUT2D eigenvalue weighted by molar-refractivity contribution is 14.1. The van der Waals surface area contributed by atoms with Crippen LogP contribution in [0.5, 0.6) is 0 Å². The molecule has 1 aliphatic heterocycles. The maximum Gasteiger partial charge on any atom is 0.253 e. The van der Waals surface area contributed by atoms with Crippen LogP contribution in [-0.2, 0) is 14.4 Å². The van der Waals surface area contributed by atoms with Crippen molar-refractivity contribution in [1.29, 1.82) is 0 Å². The summed E-state index contributed by atoms with van der Waals surface area (Å²) in [5.41, 5.74) is 0. The fourth-order valence-electron chi connectivity index (χ4n) is 1.25. The van der Waals surface area contributed by atoms with Crippen LogP contribution >= 0.6 is 22.6 Å². The van der Waals surface area contributed by atoms with Crippen LogP contribution in [-0.4, -0.2) is 40.1 Å². The molecule has 0 bridgehead atoms. The van der Waals surface area contributed by atoms with Crippen LogP contribution in [0.3, 0.4) is 0 Å². The average molecular weight is 336 g/mol. The quantitative estimate of drug-likeness (QED) is 0.327. The summed E-state index contributed by atoms with van der Waals surface area (Å²) in [6, 6.07) is 0. The van der Waals surface area contributed by atoms with Crippen molar-refractivity contribution in [2.45, 2.75) is 12.8 Å². The van der Waals surface area contributed by atoms with Crippen molar-refractivity contribution in [1.82, 2.24) is 10.2 Å². The Morgan fingerprint density at radius 2 is 1.94 bits per heavy atom. The zero-order chi connectivity index (χ0) is 12.0. The molecule has 0 fully saturated rings. The Hall–Kier alpha value is -0.920. The van der Waals surface area contributed by atoms with Gasteiger partial charge < -0.3 is 5.32 Å². The molecule has 1 heterocycles. The number of rotatable bonds is 6. The minimum absolute atomic E-state index is 0.127. The van der Waals surface area contributed by atoms with E-state index in [9.17, 15) is 14.4 Å². The molecule has 0 spiro atoms. The van der Waals surface area contributed by atoms with Gasteiger partial charge in [-0.2, -0.15) is 0 Å². The van der Waals surface area contributed by atoms with Gasteiger partial charge in [0.2, 0.25) is 5.91 Å². The fraction of sp³-hybridized carbons (Fsp3) is 0.500. The molecule has 6 heteroatoms. The number of halogens is 1. The van der Waals surface area contributed by atoms with Crippen molar-refractivity contribution in [3.63, 3.8) is 0 Å². The number of nitrogens with zero attached hydrogens (tertiary/aromatic N) is 1. The predicted molar refractivity (Wildman–Crippen MR) is 67.0 cm³/mol. The van der Waals surface area contributed by atoms with Crippen LogP contribution in [0.25, 0.3) is 0 Å². The molecule has 0 aliphatic carbocycles. The zero-order valence-corrected chi connectivity index (χ0v) is 10.9. The maximum atomic E-state index is 11.3. The molecule has 88 valence electrons. The van der Waals surface area contributed by atoms with Crippen molar-refractivity contribution in [3.8, 4) is 0 Å². The first kappa shape index (κ1) is 13.1. The van der Waals surface area contributed by atoms with Gasteiger partial charge >= 0.3 is 0 Å². The molecule has 0 aromatic heterocycles. The van der Waals surface area contributed by atoms with Crippen LogP contribution < -0.4 is 5.32 Å². The van der Waals surface area contributed by atoms with E-state index in [2.05, 4.69) is 27.9 Å². The van der Waals surface area contributed by atoms with E-state index < -0.39 is 0 Å². The first-order valence-corrected chi connectivity index (χ1v) is 6.54. The van der Waals surface area contributed by atoms with Crippen LogP contribution in [0.1, 0.15) is 12.8 Å². The van der Waals surface area contributed by atoms with Gasteiger partial charge in [-0.1, -0.05) is 22.6 Å². The second-order valence-corrected chi connectivity index (χ2v) is 4.38. The van der Waals surface area contributed by atoms with E-state index in [4.69, 9.17) is 0 Å². The molecule has 0 unspecified atom stereocenters. The van der Waals surface area contributed by atoms with E-state index >= 15 is 0 Å². The Labute approximate surface area is 107 Å². The van der Waals surface area contributed by atoms with Crippen molar-refractivity contribution >= 4 is 40.3 Å². The Bertz CT molecular complexity index is 310. The van der Waals surface area contributed by atoms with Crippen LogP contribution in [0.2, 0.25) is 0 Å². The lowest BCUT2D eigenvalue weighted by molar-refractivity contribution is -0.137. The van der Waals surface area contributed by atoms with E-state index in [0.29, 0.717) is 6.54 Å². The van der Waals surface area contributed by atoms with Gasteiger partial charge in [0.15, 0.2) is 0 Å². The normalized spacial score (nSPS) is 14.7. The molecule has 0 aromatic rings. The van der Waals surface area contributed by atoms with Gasteiger partial charge in [0.25, 0.3) is 11.8 Å². The fourth-order valence-corrected chi connectivity index (χ4v) is 1.63. The van der Waals surface area contributed by atoms with Gasteiger partial charge in [0, 0.05) is 36.1 Å². The molecule has 0 radical (unpaired) electrons. The molecule has 5 nitrogen and oxygen atoms in total. The van der Waals surface area contributed by atoms with Gasteiger partial charge in [-0.3, -0.25) is 19.3 Å². The molecular weight excluding hydrogens is 323 g/mol. The van der Waals surface area contributed by atoms with Gasteiger partial charge in [-0.15, -0.1) is 0 Å². The smallest absolute Gasteiger partial charge is 0.253 e. The molecule has 0 atom stereocenters. The van der Waals surface area contributed by atoms with E-state index in [0.717, 1.165) is 15.7 Å². The summed E-state index contributed by atoms with van der Waals surface area (Å²) in [6.07, 6.45) is 3.53. The average Bonchev–Trinajstić information content (AvgIpc) is 2.57. The molecule has 0 saturated heterocycles. The van der Waals surface area contributed by atoms with Crippen molar-refractivity contribution in [3.05, 3.63) is 12.2 Å². The third-order valence-corrected chi connectivity index (χ3v) is 2.86. The van der Waals surface area contributed by atoms with E-state index in [1.807, 2.05) is 0 Å². The minimum atomic E-state index is -0.343. The number of carbonyl (C=O) groups excluding carboxylic acids is 3. The number of hydrogen-bond donors (Lipinski definition) is 1. The van der Waals surface area contributed by atoms with Gasteiger partial charge in [0.05, 0.1) is 0 Å². The van der Waals surface area contributed by atoms with Crippen molar-refractivity contribution in [2.24, 2.45) is 0 Å². The second-order valence-electron chi connectivity index (χ2n) is 3.30. The molecule has 0 saturated carbocycles. The monoisotopic (exact) mass is 336 g/mol. The number of alkyl halides is 1. The highest BCUT2D eigenvalue weighted by atomic mass is 127. The van der Waals surface area contributed by atoms with Crippen molar-refractivity contribution in [2.75, 3.05) is 17.5 Å². The standard InChI is InChI=1S/C10H13IN2O3/c11-5-1-6-12-8(14)4-7-13-9(15)2-3-10(13)16/h2-3H,1,4-7H2,(H,12,14). The molecule has 1 N–H and O–H groups in total. The number of carbonyl (C=O) groups is 3. The van der Waals surface area contributed by atoms with E-state index in [-0.39, 0.29) is 30.7 Å². The molecule has 0 aromatic carbocycles. The Balaban J connectivity index is 2.22. The van der Waals surface area contributed by atoms with Crippen LogP contribution in [0, 0.1) is 0 Å². The maximum absolute atomic E-state index is 11.3. The SMILES string of the molecule is O=C(CCN1C(=O)C=CC1=O)NCCCI. The molecule has 16 heavy (non-hydrogen) atoms. The lowest BCUT2D eigenvalue weighted by Crippen LogP contribution is -2.35. The topological polar surface area (TPSA) is 66.5 Å². The van der Waals surface area contributed by atoms with Gasteiger partial charge in [-0.05, 0) is 6.42 Å². The summed E-state index contributed by atoms with van der Waals surface area (Å²) in [7, 11) is 0. The second kappa shape index (κ2) is 6.62. The van der Waals surface area contributed by atoms with E-state index in [1.54, 1.807) is 0 Å².